The van der Waals surface area contributed by atoms with Crippen LogP contribution < -0.4 is 10.2 Å². The maximum Gasteiger partial charge on any atom is 0.237 e. The lowest BCUT2D eigenvalue weighted by molar-refractivity contribution is -0.115. The second-order valence-corrected chi connectivity index (χ2v) is 8.23. The molecule has 158 valence electrons. The molecule has 4 rings (SSSR count). The fourth-order valence-corrected chi connectivity index (χ4v) is 4.19. The van der Waals surface area contributed by atoms with Gasteiger partial charge in [0.2, 0.25) is 5.91 Å². The monoisotopic (exact) mass is 427 g/mol. The molecule has 0 radical (unpaired) electrons. The fraction of sp³-hybridized carbons (Fsp3) is 0.381. The molecule has 1 fully saturated rings. The number of morpholine rings is 1. The van der Waals surface area contributed by atoms with Crippen LogP contribution in [0.25, 0.3) is 11.6 Å². The maximum atomic E-state index is 12.7. The lowest BCUT2D eigenvalue weighted by Gasteiger charge is -2.28. The molecule has 0 aliphatic carbocycles. The summed E-state index contributed by atoms with van der Waals surface area (Å²) in [5.41, 5.74) is 1.91. The van der Waals surface area contributed by atoms with E-state index in [1.165, 1.54) is 11.8 Å². The summed E-state index contributed by atoms with van der Waals surface area (Å²) in [6.45, 7) is 7.83. The number of benzene rings is 1. The molecule has 1 amide bonds. The SMILES string of the molecule is CCn1c(S[C@H](C)C(=O)Nc2ccc(N3CCOCC3)cc2)nnc1-c1ccco1. The summed E-state index contributed by atoms with van der Waals surface area (Å²) in [4.78, 5) is 15.0. The average Bonchev–Trinajstić information content (AvgIpc) is 3.44. The lowest BCUT2D eigenvalue weighted by Crippen LogP contribution is -2.36. The number of carbonyl (C=O) groups excluding carboxylic acids is 1. The van der Waals surface area contributed by atoms with Gasteiger partial charge in [0.05, 0.1) is 24.7 Å². The van der Waals surface area contributed by atoms with Crippen molar-refractivity contribution in [2.45, 2.75) is 30.8 Å². The molecule has 1 N–H and O–H groups in total. The highest BCUT2D eigenvalue weighted by atomic mass is 32.2. The number of nitrogens with one attached hydrogen (secondary N) is 1. The van der Waals surface area contributed by atoms with Crippen molar-refractivity contribution in [2.24, 2.45) is 0 Å². The minimum absolute atomic E-state index is 0.0793. The first-order valence-electron chi connectivity index (χ1n) is 10.0. The van der Waals surface area contributed by atoms with E-state index in [9.17, 15) is 4.79 Å². The quantitative estimate of drug-likeness (QED) is 0.578. The van der Waals surface area contributed by atoms with E-state index in [4.69, 9.17) is 9.15 Å². The molecule has 30 heavy (non-hydrogen) atoms. The number of hydrogen-bond donors (Lipinski definition) is 1. The Labute approximate surface area is 179 Å². The third kappa shape index (κ3) is 4.52. The van der Waals surface area contributed by atoms with Gasteiger partial charge in [-0.05, 0) is 50.2 Å². The summed E-state index contributed by atoms with van der Waals surface area (Å²) in [5, 5.41) is 11.8. The van der Waals surface area contributed by atoms with Gasteiger partial charge in [-0.25, -0.2) is 0 Å². The van der Waals surface area contributed by atoms with Crippen molar-refractivity contribution in [3.05, 3.63) is 42.7 Å². The molecule has 0 bridgehead atoms. The summed E-state index contributed by atoms with van der Waals surface area (Å²) in [6.07, 6.45) is 1.61. The number of anilines is 2. The molecule has 0 spiro atoms. The molecule has 2 aromatic heterocycles. The molecule has 0 unspecified atom stereocenters. The van der Waals surface area contributed by atoms with Crippen molar-refractivity contribution in [1.29, 1.82) is 0 Å². The summed E-state index contributed by atoms with van der Waals surface area (Å²) < 4.78 is 12.8. The minimum atomic E-state index is -0.331. The Kier molecular flexibility index (Phi) is 6.39. The molecule has 1 aromatic carbocycles. The summed E-state index contributed by atoms with van der Waals surface area (Å²) in [6, 6.07) is 11.6. The largest absolute Gasteiger partial charge is 0.461 e. The van der Waals surface area contributed by atoms with Gasteiger partial charge in [0.15, 0.2) is 16.7 Å². The number of amides is 1. The van der Waals surface area contributed by atoms with Crippen LogP contribution in [0.3, 0.4) is 0 Å². The van der Waals surface area contributed by atoms with Crippen molar-refractivity contribution in [3.8, 4) is 11.6 Å². The zero-order valence-electron chi connectivity index (χ0n) is 17.1. The molecule has 1 saturated heterocycles. The van der Waals surface area contributed by atoms with Crippen molar-refractivity contribution in [2.75, 3.05) is 36.5 Å². The second-order valence-electron chi connectivity index (χ2n) is 6.92. The van der Waals surface area contributed by atoms with Crippen LogP contribution in [-0.2, 0) is 16.1 Å². The van der Waals surface area contributed by atoms with Crippen LogP contribution in [0.5, 0.6) is 0 Å². The predicted octanol–water partition coefficient (Wildman–Crippen LogP) is 3.51. The number of nitrogens with zero attached hydrogens (tertiary/aromatic N) is 4. The average molecular weight is 428 g/mol. The van der Waals surface area contributed by atoms with Gasteiger partial charge in [0.1, 0.15) is 0 Å². The van der Waals surface area contributed by atoms with E-state index < -0.39 is 0 Å². The number of furan rings is 1. The fourth-order valence-electron chi connectivity index (χ4n) is 3.28. The Bertz CT molecular complexity index is 965. The van der Waals surface area contributed by atoms with E-state index in [1.54, 1.807) is 6.26 Å². The number of aromatic nitrogens is 3. The molecule has 3 heterocycles. The van der Waals surface area contributed by atoms with Crippen molar-refractivity contribution < 1.29 is 13.9 Å². The van der Waals surface area contributed by atoms with Gasteiger partial charge in [-0.1, -0.05) is 11.8 Å². The van der Waals surface area contributed by atoms with Gasteiger partial charge in [-0.2, -0.15) is 0 Å². The highest BCUT2D eigenvalue weighted by Gasteiger charge is 2.21. The smallest absolute Gasteiger partial charge is 0.237 e. The number of ether oxygens (including phenoxy) is 1. The Morgan fingerprint density at radius 2 is 1.97 bits per heavy atom. The first kappa shape index (κ1) is 20.5. The normalized spacial score (nSPS) is 15.2. The number of hydrogen-bond acceptors (Lipinski definition) is 7. The first-order chi connectivity index (χ1) is 14.7. The summed E-state index contributed by atoms with van der Waals surface area (Å²) in [5.74, 6) is 1.24. The van der Waals surface area contributed by atoms with Crippen LogP contribution in [0.15, 0.2) is 52.2 Å². The van der Waals surface area contributed by atoms with Crippen molar-refractivity contribution in [3.63, 3.8) is 0 Å². The number of carbonyl (C=O) groups is 1. The van der Waals surface area contributed by atoms with Gasteiger partial charge >= 0.3 is 0 Å². The van der Waals surface area contributed by atoms with Gasteiger partial charge < -0.3 is 19.4 Å². The van der Waals surface area contributed by atoms with Crippen LogP contribution in [0.2, 0.25) is 0 Å². The Balaban J connectivity index is 1.38. The van der Waals surface area contributed by atoms with E-state index in [2.05, 4.69) is 20.4 Å². The van der Waals surface area contributed by atoms with E-state index in [1.807, 2.05) is 54.8 Å². The molecule has 3 aromatic rings. The highest BCUT2D eigenvalue weighted by molar-refractivity contribution is 8.00. The van der Waals surface area contributed by atoms with Crippen LogP contribution in [-0.4, -0.2) is 52.2 Å². The van der Waals surface area contributed by atoms with E-state index >= 15 is 0 Å². The van der Waals surface area contributed by atoms with Crippen LogP contribution in [0, 0.1) is 0 Å². The Hall–Kier alpha value is -2.78. The number of thioether (sulfide) groups is 1. The maximum absolute atomic E-state index is 12.7. The van der Waals surface area contributed by atoms with E-state index in [0.717, 1.165) is 37.7 Å². The van der Waals surface area contributed by atoms with Crippen molar-refractivity contribution >= 4 is 29.0 Å². The molecule has 1 aliphatic rings. The zero-order valence-corrected chi connectivity index (χ0v) is 17.9. The summed E-state index contributed by atoms with van der Waals surface area (Å²) >= 11 is 1.38. The molecular weight excluding hydrogens is 402 g/mol. The molecule has 1 aliphatic heterocycles. The summed E-state index contributed by atoms with van der Waals surface area (Å²) in [7, 11) is 0. The topological polar surface area (TPSA) is 85.4 Å². The van der Waals surface area contributed by atoms with Gasteiger partial charge in [-0.3, -0.25) is 9.36 Å². The molecular formula is C21H25N5O3S. The first-order valence-corrected chi connectivity index (χ1v) is 10.9. The van der Waals surface area contributed by atoms with Crippen molar-refractivity contribution in [1.82, 2.24) is 14.8 Å². The minimum Gasteiger partial charge on any atom is -0.461 e. The second kappa shape index (κ2) is 9.36. The van der Waals surface area contributed by atoms with Gasteiger partial charge in [-0.15, -0.1) is 10.2 Å². The third-order valence-corrected chi connectivity index (χ3v) is 6.02. The van der Waals surface area contributed by atoms with Gasteiger partial charge in [0, 0.05) is 31.0 Å². The Morgan fingerprint density at radius 1 is 1.20 bits per heavy atom. The Morgan fingerprint density at radius 3 is 2.63 bits per heavy atom. The lowest BCUT2D eigenvalue weighted by atomic mass is 10.2. The highest BCUT2D eigenvalue weighted by Crippen LogP contribution is 2.28. The van der Waals surface area contributed by atoms with Crippen LogP contribution in [0.1, 0.15) is 13.8 Å². The zero-order chi connectivity index (χ0) is 20.9. The molecule has 9 heteroatoms. The molecule has 0 saturated carbocycles. The van der Waals surface area contributed by atoms with Crippen LogP contribution in [0.4, 0.5) is 11.4 Å². The van der Waals surface area contributed by atoms with Gasteiger partial charge in [0.25, 0.3) is 0 Å². The third-order valence-electron chi connectivity index (χ3n) is 4.94. The standard InChI is InChI=1S/C21H25N5O3S/c1-3-26-19(18-5-4-12-29-18)23-24-21(26)30-15(2)20(27)22-16-6-8-17(9-7-16)25-10-13-28-14-11-25/h4-9,12,15H,3,10-11,13-14H2,1-2H3,(H,22,27)/t15-/m1/s1. The molecule has 1 atom stereocenters. The van der Waals surface area contributed by atoms with Crippen LogP contribution >= 0.6 is 11.8 Å². The molecule has 8 nitrogen and oxygen atoms in total. The van der Waals surface area contributed by atoms with E-state index in [0.29, 0.717) is 23.3 Å². The predicted molar refractivity (Wildman–Crippen MR) is 117 cm³/mol. The van der Waals surface area contributed by atoms with E-state index in [-0.39, 0.29) is 11.2 Å². The number of rotatable bonds is 7.